The van der Waals surface area contributed by atoms with Crippen molar-refractivity contribution < 1.29 is 9.90 Å². The molecule has 0 aromatic carbocycles. The number of aromatic nitrogens is 4. The molecular formula is C19H21N5O2. The van der Waals surface area contributed by atoms with E-state index in [0.29, 0.717) is 31.6 Å². The molecule has 0 saturated carbocycles. The average Bonchev–Trinajstić information content (AvgIpc) is 3.29. The van der Waals surface area contributed by atoms with Crippen LogP contribution in [0, 0.1) is 0 Å². The minimum atomic E-state index is -0.313. The fraction of sp³-hybridized carbons (Fsp3) is 0.316. The molecule has 1 amide bonds. The topological polar surface area (TPSA) is 76.2 Å². The molecule has 7 heteroatoms. The summed E-state index contributed by atoms with van der Waals surface area (Å²) in [7, 11) is 1.96. The summed E-state index contributed by atoms with van der Waals surface area (Å²) in [5, 5.41) is 14.2. The lowest BCUT2D eigenvalue weighted by atomic mass is 10.1. The SMILES string of the molecule is Cn1ccc(-c2cc(C(=O)N3CCC(O)CC3)nn2-c2cccnc2)c1. The van der Waals surface area contributed by atoms with Crippen LogP contribution < -0.4 is 0 Å². The summed E-state index contributed by atoms with van der Waals surface area (Å²) in [6, 6.07) is 7.59. The number of nitrogens with zero attached hydrogens (tertiary/aromatic N) is 5. The second-order valence-electron chi connectivity index (χ2n) is 6.63. The quantitative estimate of drug-likeness (QED) is 0.782. The maximum absolute atomic E-state index is 12.9. The molecule has 1 fully saturated rings. The smallest absolute Gasteiger partial charge is 0.274 e. The summed E-state index contributed by atoms with van der Waals surface area (Å²) in [5.41, 5.74) is 3.04. The molecule has 134 valence electrons. The average molecular weight is 351 g/mol. The van der Waals surface area contributed by atoms with Crippen molar-refractivity contribution >= 4 is 5.91 Å². The molecule has 1 aliphatic rings. The highest BCUT2D eigenvalue weighted by Crippen LogP contribution is 2.25. The first-order chi connectivity index (χ1) is 12.6. The highest BCUT2D eigenvalue weighted by molar-refractivity contribution is 5.93. The zero-order valence-corrected chi connectivity index (χ0v) is 14.6. The van der Waals surface area contributed by atoms with Gasteiger partial charge in [-0.1, -0.05) is 0 Å². The van der Waals surface area contributed by atoms with Crippen molar-refractivity contribution in [2.24, 2.45) is 7.05 Å². The predicted octanol–water partition coefficient (Wildman–Crippen LogP) is 1.87. The molecule has 1 saturated heterocycles. The molecule has 4 heterocycles. The summed E-state index contributed by atoms with van der Waals surface area (Å²) in [5.74, 6) is -0.100. The van der Waals surface area contributed by atoms with Gasteiger partial charge in [0.15, 0.2) is 5.69 Å². The zero-order chi connectivity index (χ0) is 18.1. The van der Waals surface area contributed by atoms with Crippen LogP contribution in [0.1, 0.15) is 23.3 Å². The van der Waals surface area contributed by atoms with Gasteiger partial charge in [0.1, 0.15) is 0 Å². The van der Waals surface area contributed by atoms with E-state index in [-0.39, 0.29) is 12.0 Å². The summed E-state index contributed by atoms with van der Waals surface area (Å²) >= 11 is 0. The van der Waals surface area contributed by atoms with Gasteiger partial charge < -0.3 is 14.6 Å². The van der Waals surface area contributed by atoms with E-state index < -0.39 is 0 Å². The molecule has 0 aliphatic carbocycles. The van der Waals surface area contributed by atoms with Gasteiger partial charge in [-0.3, -0.25) is 9.78 Å². The summed E-state index contributed by atoms with van der Waals surface area (Å²) in [6.45, 7) is 1.11. The standard InChI is InChI=1S/C19H21N5O2/c1-22-8-4-14(13-22)18-11-17(19(26)23-9-5-16(25)6-10-23)21-24(18)15-3-2-7-20-12-15/h2-4,7-8,11-13,16,25H,5-6,9-10H2,1H3. The van der Waals surface area contributed by atoms with Crippen molar-refractivity contribution in [3.8, 4) is 16.9 Å². The Kier molecular flexibility index (Phi) is 4.30. The van der Waals surface area contributed by atoms with Gasteiger partial charge in [0.2, 0.25) is 0 Å². The molecule has 0 unspecified atom stereocenters. The van der Waals surface area contributed by atoms with E-state index >= 15 is 0 Å². The third kappa shape index (κ3) is 3.13. The van der Waals surface area contributed by atoms with Crippen LogP contribution in [-0.2, 0) is 7.05 Å². The summed E-state index contributed by atoms with van der Waals surface area (Å²) in [6.07, 6.45) is 8.30. The molecule has 0 radical (unpaired) electrons. The molecule has 1 N–H and O–H groups in total. The van der Waals surface area contributed by atoms with Crippen LogP contribution >= 0.6 is 0 Å². The van der Waals surface area contributed by atoms with Crippen molar-refractivity contribution in [1.82, 2.24) is 24.2 Å². The Morgan fingerprint density at radius 1 is 1.27 bits per heavy atom. The third-order valence-electron chi connectivity index (χ3n) is 4.70. The Labute approximate surface area is 151 Å². The zero-order valence-electron chi connectivity index (χ0n) is 14.6. The number of pyridine rings is 1. The van der Waals surface area contributed by atoms with Crippen LogP contribution in [0.4, 0.5) is 0 Å². The summed E-state index contributed by atoms with van der Waals surface area (Å²) in [4.78, 5) is 18.8. The van der Waals surface area contributed by atoms with E-state index in [2.05, 4.69) is 10.1 Å². The molecular weight excluding hydrogens is 330 g/mol. The van der Waals surface area contributed by atoms with Crippen LogP contribution in [0.2, 0.25) is 0 Å². The van der Waals surface area contributed by atoms with Crippen LogP contribution in [0.15, 0.2) is 49.1 Å². The molecule has 0 spiro atoms. The lowest BCUT2D eigenvalue weighted by molar-refractivity contribution is 0.0541. The van der Waals surface area contributed by atoms with E-state index in [0.717, 1.165) is 16.9 Å². The first-order valence-corrected chi connectivity index (χ1v) is 8.72. The van der Waals surface area contributed by atoms with Gasteiger partial charge in [-0.2, -0.15) is 5.10 Å². The molecule has 0 bridgehead atoms. The Morgan fingerprint density at radius 3 is 2.73 bits per heavy atom. The molecule has 3 aromatic rings. The fourth-order valence-electron chi connectivity index (χ4n) is 3.25. The van der Waals surface area contributed by atoms with Crippen LogP contribution in [0.5, 0.6) is 0 Å². The molecule has 26 heavy (non-hydrogen) atoms. The normalized spacial score (nSPS) is 15.4. The maximum atomic E-state index is 12.9. The fourth-order valence-corrected chi connectivity index (χ4v) is 3.25. The number of aliphatic hydroxyl groups is 1. The first kappa shape index (κ1) is 16.5. The number of hydrogen-bond donors (Lipinski definition) is 1. The number of hydrogen-bond acceptors (Lipinski definition) is 4. The van der Waals surface area contributed by atoms with Gasteiger partial charge in [0.05, 0.1) is 23.7 Å². The first-order valence-electron chi connectivity index (χ1n) is 8.72. The lowest BCUT2D eigenvalue weighted by Crippen LogP contribution is -2.40. The van der Waals surface area contributed by atoms with Gasteiger partial charge in [-0.05, 0) is 37.1 Å². The third-order valence-corrected chi connectivity index (χ3v) is 4.70. The lowest BCUT2D eigenvalue weighted by Gasteiger charge is -2.28. The minimum absolute atomic E-state index is 0.100. The molecule has 1 aliphatic heterocycles. The molecule has 4 rings (SSSR count). The number of piperidine rings is 1. The highest BCUT2D eigenvalue weighted by atomic mass is 16.3. The van der Waals surface area contributed by atoms with Gasteiger partial charge in [0, 0.05) is 44.3 Å². The molecule has 3 aromatic heterocycles. The number of rotatable bonds is 3. The van der Waals surface area contributed by atoms with Crippen LogP contribution in [0.3, 0.4) is 0 Å². The van der Waals surface area contributed by atoms with Gasteiger partial charge in [0.25, 0.3) is 5.91 Å². The number of carbonyl (C=O) groups excluding carboxylic acids is 1. The maximum Gasteiger partial charge on any atom is 0.274 e. The Bertz CT molecular complexity index is 907. The van der Waals surface area contributed by atoms with E-state index in [9.17, 15) is 9.90 Å². The molecule has 7 nitrogen and oxygen atoms in total. The second kappa shape index (κ2) is 6.76. The van der Waals surface area contributed by atoms with E-state index in [1.54, 1.807) is 22.0 Å². The van der Waals surface area contributed by atoms with Crippen molar-refractivity contribution in [2.45, 2.75) is 18.9 Å². The highest BCUT2D eigenvalue weighted by Gasteiger charge is 2.25. The number of amides is 1. The van der Waals surface area contributed by atoms with Crippen molar-refractivity contribution in [3.05, 3.63) is 54.7 Å². The number of carbonyl (C=O) groups is 1. The van der Waals surface area contributed by atoms with Crippen molar-refractivity contribution in [3.63, 3.8) is 0 Å². The monoisotopic (exact) mass is 351 g/mol. The molecule has 0 atom stereocenters. The van der Waals surface area contributed by atoms with Crippen molar-refractivity contribution in [1.29, 1.82) is 0 Å². The Morgan fingerprint density at radius 2 is 2.08 bits per heavy atom. The van der Waals surface area contributed by atoms with Gasteiger partial charge >= 0.3 is 0 Å². The van der Waals surface area contributed by atoms with E-state index in [4.69, 9.17) is 0 Å². The number of aliphatic hydroxyl groups excluding tert-OH is 1. The Hall–Kier alpha value is -2.93. The second-order valence-corrected chi connectivity index (χ2v) is 6.63. The minimum Gasteiger partial charge on any atom is -0.393 e. The van der Waals surface area contributed by atoms with Crippen LogP contribution in [0.25, 0.3) is 16.9 Å². The van der Waals surface area contributed by atoms with E-state index in [1.165, 1.54) is 0 Å². The van der Waals surface area contributed by atoms with Crippen LogP contribution in [-0.4, -0.2) is 54.4 Å². The van der Waals surface area contributed by atoms with Gasteiger partial charge in [-0.15, -0.1) is 0 Å². The van der Waals surface area contributed by atoms with Gasteiger partial charge in [-0.25, -0.2) is 4.68 Å². The summed E-state index contributed by atoms with van der Waals surface area (Å²) < 4.78 is 3.72. The largest absolute Gasteiger partial charge is 0.393 e. The predicted molar refractivity (Wildman–Crippen MR) is 96.9 cm³/mol. The van der Waals surface area contributed by atoms with Crippen molar-refractivity contribution in [2.75, 3.05) is 13.1 Å². The number of likely N-dealkylation sites (tertiary alicyclic amines) is 1. The van der Waals surface area contributed by atoms with E-state index in [1.807, 2.05) is 48.3 Å². The Balaban J connectivity index is 1.73. The number of aryl methyl sites for hydroxylation is 1.